The third kappa shape index (κ3) is 3.12. The van der Waals surface area contributed by atoms with Crippen molar-refractivity contribution in [1.82, 2.24) is 0 Å². The molecule has 0 N–H and O–H groups in total. The van der Waals surface area contributed by atoms with Crippen LogP contribution < -0.4 is 0 Å². The summed E-state index contributed by atoms with van der Waals surface area (Å²) < 4.78 is 1.18. The Kier molecular flexibility index (Phi) is 4.59. The molecule has 0 bridgehead atoms. The molecule has 152 valence electrons. The Morgan fingerprint density at radius 3 is 2.03 bits per heavy atom. The summed E-state index contributed by atoms with van der Waals surface area (Å²) in [4.78, 5) is 14.5. The standard InChI is InChI=1S/C30H20OS/c31-29-25(19-20-15-17-22(18-16-20)21-9-3-1-4-10-21)27(23-11-5-2-6-12-23)28-24-13-7-8-14-26(24)32-30(28)29/h1-19,27H/b25-19+/t27-/m0/s1. The molecular formula is C30H20OS. The van der Waals surface area contributed by atoms with Crippen LogP contribution in [0.2, 0.25) is 0 Å². The highest BCUT2D eigenvalue weighted by molar-refractivity contribution is 7.21. The van der Waals surface area contributed by atoms with E-state index in [4.69, 9.17) is 0 Å². The largest absolute Gasteiger partial charge is 0.288 e. The molecule has 1 aliphatic rings. The molecular weight excluding hydrogens is 408 g/mol. The molecule has 0 radical (unpaired) electrons. The Labute approximate surface area is 191 Å². The van der Waals surface area contributed by atoms with Crippen molar-refractivity contribution in [2.45, 2.75) is 5.92 Å². The first kappa shape index (κ1) is 19.0. The summed E-state index contributed by atoms with van der Waals surface area (Å²) in [6.45, 7) is 0. The Hall–Kier alpha value is -3.75. The lowest BCUT2D eigenvalue weighted by Gasteiger charge is -2.14. The van der Waals surface area contributed by atoms with Gasteiger partial charge in [0.05, 0.1) is 4.88 Å². The van der Waals surface area contributed by atoms with E-state index >= 15 is 0 Å². The number of fused-ring (bicyclic) bond motifs is 3. The summed E-state index contributed by atoms with van der Waals surface area (Å²) in [7, 11) is 0. The van der Waals surface area contributed by atoms with Gasteiger partial charge in [-0.25, -0.2) is 0 Å². The number of ketones is 1. The van der Waals surface area contributed by atoms with Gasteiger partial charge in [0.2, 0.25) is 0 Å². The average molecular weight is 429 g/mol. The second-order valence-electron chi connectivity index (χ2n) is 8.10. The number of hydrogen-bond acceptors (Lipinski definition) is 2. The van der Waals surface area contributed by atoms with E-state index in [1.54, 1.807) is 11.3 Å². The van der Waals surface area contributed by atoms with Crippen LogP contribution in [-0.2, 0) is 0 Å². The van der Waals surface area contributed by atoms with E-state index in [-0.39, 0.29) is 11.7 Å². The van der Waals surface area contributed by atoms with Crippen LogP contribution in [0.3, 0.4) is 0 Å². The van der Waals surface area contributed by atoms with E-state index in [9.17, 15) is 4.79 Å². The van der Waals surface area contributed by atoms with E-state index < -0.39 is 0 Å². The van der Waals surface area contributed by atoms with Crippen molar-refractivity contribution < 1.29 is 4.79 Å². The number of benzene rings is 4. The first-order chi connectivity index (χ1) is 15.8. The van der Waals surface area contributed by atoms with Crippen LogP contribution in [0.15, 0.2) is 115 Å². The van der Waals surface area contributed by atoms with Crippen LogP contribution >= 0.6 is 11.3 Å². The van der Waals surface area contributed by atoms with Gasteiger partial charge in [0.25, 0.3) is 0 Å². The van der Waals surface area contributed by atoms with Crippen molar-refractivity contribution in [2.75, 3.05) is 0 Å². The smallest absolute Gasteiger partial charge is 0.200 e. The highest BCUT2D eigenvalue weighted by Gasteiger charge is 2.38. The van der Waals surface area contributed by atoms with Gasteiger partial charge in [0.15, 0.2) is 5.78 Å². The lowest BCUT2D eigenvalue weighted by Crippen LogP contribution is -2.03. The molecule has 1 atom stereocenters. The number of thiophene rings is 1. The monoisotopic (exact) mass is 428 g/mol. The third-order valence-corrected chi connectivity index (χ3v) is 7.36. The predicted molar refractivity (Wildman–Crippen MR) is 134 cm³/mol. The maximum Gasteiger partial charge on any atom is 0.200 e. The quantitative estimate of drug-likeness (QED) is 0.266. The van der Waals surface area contributed by atoms with Gasteiger partial charge >= 0.3 is 0 Å². The minimum atomic E-state index is -0.0383. The summed E-state index contributed by atoms with van der Waals surface area (Å²) >= 11 is 1.62. The Balaban J connectivity index is 1.47. The van der Waals surface area contributed by atoms with Gasteiger partial charge in [-0.1, -0.05) is 103 Å². The van der Waals surface area contributed by atoms with Crippen LogP contribution in [0.4, 0.5) is 0 Å². The molecule has 4 aromatic carbocycles. The van der Waals surface area contributed by atoms with Gasteiger partial charge in [-0.2, -0.15) is 0 Å². The molecule has 0 unspecified atom stereocenters. The Morgan fingerprint density at radius 2 is 1.28 bits per heavy atom. The minimum absolute atomic E-state index is 0.0383. The molecule has 2 heteroatoms. The van der Waals surface area contributed by atoms with Crippen molar-refractivity contribution in [3.63, 3.8) is 0 Å². The van der Waals surface area contributed by atoms with Crippen molar-refractivity contribution in [2.24, 2.45) is 0 Å². The van der Waals surface area contributed by atoms with Gasteiger partial charge in [-0.3, -0.25) is 4.79 Å². The summed E-state index contributed by atoms with van der Waals surface area (Å²) in [5.74, 6) is 0.117. The second-order valence-corrected chi connectivity index (χ2v) is 9.15. The van der Waals surface area contributed by atoms with Gasteiger partial charge in [-0.05, 0) is 45.3 Å². The normalized spacial score (nSPS) is 16.6. The van der Waals surface area contributed by atoms with E-state index in [1.807, 2.05) is 18.2 Å². The highest BCUT2D eigenvalue weighted by Crippen LogP contribution is 2.49. The van der Waals surface area contributed by atoms with Crippen LogP contribution in [0.5, 0.6) is 0 Å². The summed E-state index contributed by atoms with van der Waals surface area (Å²) in [6, 6.07) is 37.6. The number of carbonyl (C=O) groups is 1. The number of rotatable bonds is 3. The van der Waals surface area contributed by atoms with E-state index in [1.165, 1.54) is 21.2 Å². The molecule has 1 aromatic heterocycles. The maximum atomic E-state index is 13.6. The van der Waals surface area contributed by atoms with Gasteiger partial charge in [0.1, 0.15) is 0 Å². The van der Waals surface area contributed by atoms with Gasteiger partial charge in [0, 0.05) is 16.2 Å². The van der Waals surface area contributed by atoms with Crippen LogP contribution in [0.1, 0.15) is 32.3 Å². The average Bonchev–Trinajstić information content (AvgIpc) is 3.36. The minimum Gasteiger partial charge on any atom is -0.288 e. The van der Waals surface area contributed by atoms with Crippen LogP contribution in [-0.4, -0.2) is 5.78 Å². The summed E-state index contributed by atoms with van der Waals surface area (Å²) in [5.41, 5.74) is 6.60. The topological polar surface area (TPSA) is 17.1 Å². The number of carbonyl (C=O) groups excluding carboxylic acids is 1. The summed E-state index contributed by atoms with van der Waals surface area (Å²) in [6.07, 6.45) is 2.08. The molecule has 0 saturated carbocycles. The molecule has 0 spiro atoms. The van der Waals surface area contributed by atoms with E-state index in [0.29, 0.717) is 0 Å². The molecule has 32 heavy (non-hydrogen) atoms. The van der Waals surface area contributed by atoms with Crippen molar-refractivity contribution in [1.29, 1.82) is 0 Å². The molecule has 0 fully saturated rings. The van der Waals surface area contributed by atoms with Crippen LogP contribution in [0, 0.1) is 0 Å². The van der Waals surface area contributed by atoms with E-state index in [2.05, 4.69) is 97.1 Å². The second kappa shape index (κ2) is 7.74. The number of Topliss-reactive ketones (excluding diaryl/α,β-unsaturated/α-hetero) is 1. The molecule has 1 aliphatic carbocycles. The van der Waals surface area contributed by atoms with Gasteiger partial charge < -0.3 is 0 Å². The Bertz CT molecular complexity index is 1460. The summed E-state index contributed by atoms with van der Waals surface area (Å²) in [5, 5.41) is 1.19. The number of allylic oxidation sites excluding steroid dienone is 1. The molecule has 6 rings (SSSR count). The highest BCUT2D eigenvalue weighted by atomic mass is 32.1. The van der Waals surface area contributed by atoms with E-state index in [0.717, 1.165) is 27.1 Å². The predicted octanol–water partition coefficient (Wildman–Crippen LogP) is 7.98. The molecule has 1 heterocycles. The SMILES string of the molecule is O=C1/C(=C/c2ccc(-c3ccccc3)cc2)[C@H](c2ccccc2)c2c1sc1ccccc21. The zero-order chi connectivity index (χ0) is 21.5. The third-order valence-electron chi connectivity index (χ3n) is 6.17. The molecule has 0 saturated heterocycles. The fraction of sp³-hybridized carbons (Fsp3) is 0.0333. The Morgan fingerprint density at radius 1 is 0.656 bits per heavy atom. The number of hydrogen-bond donors (Lipinski definition) is 0. The lowest BCUT2D eigenvalue weighted by atomic mass is 9.87. The fourth-order valence-electron chi connectivity index (χ4n) is 4.66. The first-order valence-corrected chi connectivity index (χ1v) is 11.6. The van der Waals surface area contributed by atoms with Crippen LogP contribution in [0.25, 0.3) is 27.3 Å². The van der Waals surface area contributed by atoms with Gasteiger partial charge in [-0.15, -0.1) is 11.3 Å². The molecule has 1 nitrogen and oxygen atoms in total. The fourth-order valence-corrected chi connectivity index (χ4v) is 5.86. The molecule has 0 amide bonds. The van der Waals surface area contributed by atoms with Crippen molar-refractivity contribution in [3.8, 4) is 11.1 Å². The lowest BCUT2D eigenvalue weighted by molar-refractivity contribution is 0.104. The first-order valence-electron chi connectivity index (χ1n) is 10.8. The van der Waals surface area contributed by atoms with Crippen molar-refractivity contribution in [3.05, 3.63) is 136 Å². The zero-order valence-corrected chi connectivity index (χ0v) is 18.2. The molecule has 5 aromatic rings. The van der Waals surface area contributed by atoms with Crippen molar-refractivity contribution >= 4 is 33.3 Å². The maximum absolute atomic E-state index is 13.6. The molecule has 0 aliphatic heterocycles. The zero-order valence-electron chi connectivity index (χ0n) is 17.4.